The fourth-order valence-electron chi connectivity index (χ4n) is 1.45. The molecule has 6 heteroatoms. The molecule has 0 saturated carbocycles. The second-order valence-electron chi connectivity index (χ2n) is 3.00. The summed E-state index contributed by atoms with van der Waals surface area (Å²) in [5.74, 6) is -1.28. The maximum Gasteiger partial charge on any atom is 0.337 e. The molecule has 0 spiro atoms. The molecule has 0 bridgehead atoms. The summed E-state index contributed by atoms with van der Waals surface area (Å²) in [6.07, 6.45) is 0. The Hall–Kier alpha value is -1.33. The number of aliphatic carboxylic acids is 1. The van der Waals surface area contributed by atoms with Gasteiger partial charge in [-0.1, -0.05) is 23.7 Å². The average molecular weight is 245 g/mol. The van der Waals surface area contributed by atoms with Crippen molar-refractivity contribution in [1.29, 1.82) is 0 Å². The maximum atomic E-state index is 11.6. The Morgan fingerprint density at radius 3 is 2.60 bits per heavy atom. The van der Waals surface area contributed by atoms with Crippen molar-refractivity contribution in [2.24, 2.45) is 0 Å². The van der Waals surface area contributed by atoms with E-state index in [4.69, 9.17) is 16.7 Å². The molecule has 0 fully saturated rings. The zero-order chi connectivity index (χ0) is 11.2. The molecular weight excluding hydrogens is 240 g/mol. The monoisotopic (exact) mass is 244 g/mol. The summed E-state index contributed by atoms with van der Waals surface area (Å²) in [7, 11) is -3.71. The molecule has 0 unspecified atom stereocenters. The van der Waals surface area contributed by atoms with Gasteiger partial charge in [0.25, 0.3) is 0 Å². The number of carboxylic acids is 1. The van der Waals surface area contributed by atoms with Crippen LogP contribution in [0.5, 0.6) is 0 Å². The molecule has 1 N–H and O–H groups in total. The molecule has 1 heterocycles. The van der Waals surface area contributed by atoms with E-state index >= 15 is 0 Å². The van der Waals surface area contributed by atoms with Gasteiger partial charge >= 0.3 is 5.97 Å². The van der Waals surface area contributed by atoms with Gasteiger partial charge < -0.3 is 5.11 Å². The minimum absolute atomic E-state index is 0.0417. The molecule has 0 saturated heterocycles. The number of hydrogen-bond acceptors (Lipinski definition) is 3. The van der Waals surface area contributed by atoms with Crippen molar-refractivity contribution >= 4 is 33.0 Å². The van der Waals surface area contributed by atoms with E-state index in [-0.39, 0.29) is 21.1 Å². The maximum absolute atomic E-state index is 11.6. The zero-order valence-corrected chi connectivity index (χ0v) is 8.84. The van der Waals surface area contributed by atoms with Gasteiger partial charge in [0.05, 0.1) is 20.9 Å². The standard InChI is InChI=1S/C9H5ClO4S/c10-7-3-1-2-5-6(9(11)12)4-15(13,14)8(5)7/h1-4H,(H,11,12). The molecule has 2 rings (SSSR count). The molecule has 0 aliphatic carbocycles. The quantitative estimate of drug-likeness (QED) is 0.814. The highest BCUT2D eigenvalue weighted by Gasteiger charge is 2.32. The van der Waals surface area contributed by atoms with Crippen molar-refractivity contribution in [2.75, 3.05) is 0 Å². The summed E-state index contributed by atoms with van der Waals surface area (Å²) in [5.41, 5.74) is -0.0949. The average Bonchev–Trinajstić information content (AvgIpc) is 2.39. The summed E-state index contributed by atoms with van der Waals surface area (Å²) in [5, 5.41) is 9.58. The largest absolute Gasteiger partial charge is 0.478 e. The van der Waals surface area contributed by atoms with Crippen LogP contribution >= 0.6 is 11.6 Å². The van der Waals surface area contributed by atoms with Crippen LogP contribution < -0.4 is 0 Å². The van der Waals surface area contributed by atoms with Crippen LogP contribution in [0.3, 0.4) is 0 Å². The van der Waals surface area contributed by atoms with Crippen LogP contribution in [0.2, 0.25) is 5.02 Å². The molecule has 1 aromatic rings. The SMILES string of the molecule is O=C(O)C1=CS(=O)(=O)c2c(Cl)cccc21. The third-order valence-electron chi connectivity index (χ3n) is 2.05. The van der Waals surface area contributed by atoms with E-state index in [1.54, 1.807) is 0 Å². The first-order valence-electron chi connectivity index (χ1n) is 3.92. The van der Waals surface area contributed by atoms with Crippen molar-refractivity contribution < 1.29 is 18.3 Å². The Morgan fingerprint density at radius 1 is 1.33 bits per heavy atom. The lowest BCUT2D eigenvalue weighted by molar-refractivity contribution is -0.130. The minimum atomic E-state index is -3.71. The van der Waals surface area contributed by atoms with Gasteiger partial charge in [-0.05, 0) is 6.07 Å². The van der Waals surface area contributed by atoms with Gasteiger partial charge in [-0.3, -0.25) is 0 Å². The highest BCUT2D eigenvalue weighted by Crippen LogP contribution is 2.37. The molecular formula is C9H5ClO4S. The first-order valence-corrected chi connectivity index (χ1v) is 5.85. The van der Waals surface area contributed by atoms with Crippen molar-refractivity contribution in [3.8, 4) is 0 Å². The van der Waals surface area contributed by atoms with Gasteiger partial charge in [-0.15, -0.1) is 0 Å². The third kappa shape index (κ3) is 1.44. The van der Waals surface area contributed by atoms with Crippen LogP contribution in [-0.4, -0.2) is 19.5 Å². The van der Waals surface area contributed by atoms with E-state index in [9.17, 15) is 13.2 Å². The predicted octanol–water partition coefficient (Wildman–Crippen LogP) is 1.55. The van der Waals surface area contributed by atoms with Gasteiger partial charge in [0, 0.05) is 5.56 Å². The molecule has 78 valence electrons. The van der Waals surface area contributed by atoms with Crippen molar-refractivity contribution in [2.45, 2.75) is 4.90 Å². The number of fused-ring (bicyclic) bond motifs is 1. The summed E-state index contributed by atoms with van der Waals surface area (Å²) >= 11 is 5.72. The summed E-state index contributed by atoms with van der Waals surface area (Å²) in [6, 6.07) is 4.35. The Bertz CT molecular complexity index is 586. The van der Waals surface area contributed by atoms with E-state index in [1.165, 1.54) is 18.2 Å². The van der Waals surface area contributed by atoms with Crippen LogP contribution in [0.4, 0.5) is 0 Å². The van der Waals surface area contributed by atoms with Gasteiger partial charge in [0.1, 0.15) is 0 Å². The van der Waals surface area contributed by atoms with Crippen molar-refractivity contribution in [1.82, 2.24) is 0 Å². The van der Waals surface area contributed by atoms with Crippen LogP contribution in [0, 0.1) is 0 Å². The number of halogens is 1. The highest BCUT2D eigenvalue weighted by atomic mass is 35.5. The predicted molar refractivity (Wildman–Crippen MR) is 54.3 cm³/mol. The fraction of sp³-hybridized carbons (Fsp3) is 0. The second-order valence-corrected chi connectivity index (χ2v) is 5.14. The number of hydrogen-bond donors (Lipinski definition) is 1. The summed E-state index contributed by atoms with van der Waals surface area (Å²) in [6.45, 7) is 0. The first-order chi connectivity index (χ1) is 6.93. The Morgan fingerprint density at radius 2 is 2.00 bits per heavy atom. The van der Waals surface area contributed by atoms with E-state index < -0.39 is 15.8 Å². The summed E-state index contributed by atoms with van der Waals surface area (Å²) in [4.78, 5) is 10.7. The number of sulfone groups is 1. The topological polar surface area (TPSA) is 71.4 Å². The van der Waals surface area contributed by atoms with Crippen LogP contribution in [0.15, 0.2) is 28.5 Å². The number of rotatable bonds is 1. The zero-order valence-electron chi connectivity index (χ0n) is 7.27. The van der Waals surface area contributed by atoms with Gasteiger partial charge in [-0.2, -0.15) is 0 Å². The summed E-state index contributed by atoms with van der Waals surface area (Å²) < 4.78 is 23.1. The van der Waals surface area contributed by atoms with Gasteiger partial charge in [0.15, 0.2) is 0 Å². The lowest BCUT2D eigenvalue weighted by atomic mass is 10.1. The first kappa shape index (κ1) is 10.2. The van der Waals surface area contributed by atoms with E-state index in [2.05, 4.69) is 0 Å². The van der Waals surface area contributed by atoms with E-state index in [0.29, 0.717) is 0 Å². The van der Waals surface area contributed by atoms with E-state index in [1.807, 2.05) is 0 Å². The van der Waals surface area contributed by atoms with Gasteiger partial charge in [-0.25, -0.2) is 13.2 Å². The van der Waals surface area contributed by atoms with Crippen LogP contribution in [-0.2, 0) is 14.6 Å². The molecule has 4 nitrogen and oxygen atoms in total. The molecule has 0 amide bonds. The molecule has 15 heavy (non-hydrogen) atoms. The van der Waals surface area contributed by atoms with Crippen molar-refractivity contribution in [3.05, 3.63) is 34.2 Å². The Labute approximate surface area is 90.7 Å². The molecule has 0 radical (unpaired) electrons. The van der Waals surface area contributed by atoms with Crippen LogP contribution in [0.1, 0.15) is 5.56 Å². The number of carboxylic acid groups (broad SMARTS) is 1. The number of benzene rings is 1. The minimum Gasteiger partial charge on any atom is -0.478 e. The third-order valence-corrected chi connectivity index (χ3v) is 4.03. The normalized spacial score (nSPS) is 17.0. The van der Waals surface area contributed by atoms with Crippen molar-refractivity contribution in [3.63, 3.8) is 0 Å². The smallest absolute Gasteiger partial charge is 0.337 e. The van der Waals surface area contributed by atoms with Crippen LogP contribution in [0.25, 0.3) is 5.57 Å². The molecule has 1 aliphatic rings. The Balaban J connectivity index is 2.85. The molecule has 1 aliphatic heterocycles. The number of carbonyl (C=O) groups is 1. The second kappa shape index (κ2) is 3.08. The molecule has 0 atom stereocenters. The molecule has 1 aromatic carbocycles. The molecule has 0 aromatic heterocycles. The Kier molecular flexibility index (Phi) is 2.09. The lowest BCUT2D eigenvalue weighted by Crippen LogP contribution is -1.97. The fourth-order valence-corrected chi connectivity index (χ4v) is 3.43. The highest BCUT2D eigenvalue weighted by molar-refractivity contribution is 7.95. The lowest BCUT2D eigenvalue weighted by Gasteiger charge is -2.01. The van der Waals surface area contributed by atoms with E-state index in [0.717, 1.165) is 5.41 Å². The van der Waals surface area contributed by atoms with Gasteiger partial charge in [0.2, 0.25) is 9.84 Å².